The molecule has 0 spiro atoms. The molecule has 0 unspecified atom stereocenters. The highest BCUT2D eigenvalue weighted by Gasteiger charge is 2.18. The van der Waals surface area contributed by atoms with Crippen molar-refractivity contribution < 1.29 is 0 Å². The van der Waals surface area contributed by atoms with Gasteiger partial charge in [0, 0.05) is 22.9 Å². The van der Waals surface area contributed by atoms with E-state index in [0.717, 1.165) is 33.9 Å². The number of fused-ring (bicyclic) bond motifs is 1. The first-order valence-corrected chi connectivity index (χ1v) is 6.03. The van der Waals surface area contributed by atoms with Crippen LogP contribution in [-0.4, -0.2) is 20.5 Å². The summed E-state index contributed by atoms with van der Waals surface area (Å²) in [5.41, 5.74) is 1.07. The van der Waals surface area contributed by atoms with Crippen LogP contribution in [0.1, 0.15) is 0 Å². The van der Waals surface area contributed by atoms with Gasteiger partial charge in [-0.25, -0.2) is 0 Å². The largest absolute Gasteiger partial charge is 0.301 e. The number of nitrogens with zero attached hydrogens (tertiary/aromatic N) is 3. The van der Waals surface area contributed by atoms with E-state index in [1.54, 1.807) is 11.8 Å². The van der Waals surface area contributed by atoms with Gasteiger partial charge in [-0.1, -0.05) is 23.4 Å². The third-order valence-corrected chi connectivity index (χ3v) is 3.56. The van der Waals surface area contributed by atoms with Crippen molar-refractivity contribution in [2.45, 2.75) is 11.7 Å². The Kier molecular flexibility index (Phi) is 2.18. The minimum absolute atomic E-state index is 0.745. The van der Waals surface area contributed by atoms with E-state index in [1.807, 2.05) is 24.3 Å². The summed E-state index contributed by atoms with van der Waals surface area (Å²) in [5, 5.41) is 10.1. The summed E-state index contributed by atoms with van der Waals surface area (Å²) in [7, 11) is 0. The van der Waals surface area contributed by atoms with Gasteiger partial charge in [-0.2, -0.15) is 0 Å². The molecule has 15 heavy (non-hydrogen) atoms. The van der Waals surface area contributed by atoms with Gasteiger partial charge in [-0.15, -0.1) is 10.2 Å². The van der Waals surface area contributed by atoms with Crippen molar-refractivity contribution in [3.63, 3.8) is 0 Å². The molecule has 0 amide bonds. The Morgan fingerprint density at radius 2 is 2.00 bits per heavy atom. The lowest BCUT2D eigenvalue weighted by molar-refractivity contribution is 0.726. The monoisotopic (exact) mass is 237 g/mol. The molecule has 0 atom stereocenters. The molecule has 3 rings (SSSR count). The van der Waals surface area contributed by atoms with Gasteiger partial charge in [0.05, 0.1) is 0 Å². The minimum atomic E-state index is 0.745. The Morgan fingerprint density at radius 1 is 1.20 bits per heavy atom. The number of hydrogen-bond donors (Lipinski definition) is 0. The first-order chi connectivity index (χ1) is 7.34. The maximum atomic E-state index is 5.84. The standard InChI is InChI=1S/C10H8ClN3S/c11-8-3-1-7(2-4-8)9-12-13-10-14(9)5-6-15-10/h1-4H,5-6H2. The molecule has 0 saturated heterocycles. The van der Waals surface area contributed by atoms with Crippen LogP contribution < -0.4 is 0 Å². The predicted molar refractivity (Wildman–Crippen MR) is 61.2 cm³/mol. The van der Waals surface area contributed by atoms with Crippen LogP contribution in [0, 0.1) is 0 Å². The summed E-state index contributed by atoms with van der Waals surface area (Å²) in [4.78, 5) is 0. The summed E-state index contributed by atoms with van der Waals surface area (Å²) in [6.07, 6.45) is 0. The highest BCUT2D eigenvalue weighted by Crippen LogP contribution is 2.29. The first-order valence-electron chi connectivity index (χ1n) is 4.66. The molecule has 0 bridgehead atoms. The predicted octanol–water partition coefficient (Wildman–Crippen LogP) is 2.70. The van der Waals surface area contributed by atoms with Crippen LogP contribution in [-0.2, 0) is 6.54 Å². The minimum Gasteiger partial charge on any atom is -0.301 e. The number of aromatic nitrogens is 3. The van der Waals surface area contributed by atoms with E-state index in [2.05, 4.69) is 14.8 Å². The Labute approximate surface area is 96.5 Å². The molecule has 1 aromatic carbocycles. The average Bonchev–Trinajstić information content (AvgIpc) is 2.80. The van der Waals surface area contributed by atoms with Crippen molar-refractivity contribution in [1.29, 1.82) is 0 Å². The Bertz CT molecular complexity index is 492. The SMILES string of the molecule is Clc1ccc(-c2nnc3n2CCS3)cc1. The van der Waals surface area contributed by atoms with Gasteiger partial charge in [0.1, 0.15) is 0 Å². The molecule has 3 nitrogen and oxygen atoms in total. The van der Waals surface area contributed by atoms with Gasteiger partial charge in [-0.05, 0) is 24.3 Å². The van der Waals surface area contributed by atoms with Crippen LogP contribution in [0.3, 0.4) is 0 Å². The maximum Gasteiger partial charge on any atom is 0.191 e. The fourth-order valence-electron chi connectivity index (χ4n) is 1.64. The van der Waals surface area contributed by atoms with Gasteiger partial charge >= 0.3 is 0 Å². The summed E-state index contributed by atoms with van der Waals surface area (Å²) in [6, 6.07) is 7.70. The zero-order valence-electron chi connectivity index (χ0n) is 7.85. The van der Waals surface area contributed by atoms with Gasteiger partial charge in [0.25, 0.3) is 0 Å². The molecule has 1 aromatic heterocycles. The molecule has 76 valence electrons. The number of rotatable bonds is 1. The van der Waals surface area contributed by atoms with Crippen LogP contribution in [0.4, 0.5) is 0 Å². The summed E-state index contributed by atoms with van der Waals surface area (Å²) < 4.78 is 2.15. The molecule has 0 fully saturated rings. The molecule has 2 aromatic rings. The first kappa shape index (κ1) is 9.24. The molecule has 2 heterocycles. The second kappa shape index (κ2) is 3.54. The van der Waals surface area contributed by atoms with Crippen LogP contribution in [0.15, 0.2) is 29.4 Å². The van der Waals surface area contributed by atoms with E-state index in [0.29, 0.717) is 0 Å². The Morgan fingerprint density at radius 3 is 2.80 bits per heavy atom. The second-order valence-corrected chi connectivity index (χ2v) is 4.81. The topological polar surface area (TPSA) is 30.7 Å². The molecule has 0 saturated carbocycles. The summed E-state index contributed by atoms with van der Waals surface area (Å²) >= 11 is 7.59. The Hall–Kier alpha value is -1.00. The summed E-state index contributed by atoms with van der Waals surface area (Å²) in [5.74, 6) is 2.03. The lowest BCUT2D eigenvalue weighted by atomic mass is 10.2. The third-order valence-electron chi connectivity index (χ3n) is 2.37. The lowest BCUT2D eigenvalue weighted by Crippen LogP contribution is -1.97. The normalized spacial score (nSPS) is 14.2. The van der Waals surface area contributed by atoms with E-state index < -0.39 is 0 Å². The smallest absolute Gasteiger partial charge is 0.191 e. The van der Waals surface area contributed by atoms with Gasteiger partial charge in [-0.3, -0.25) is 0 Å². The van der Waals surface area contributed by atoms with Crippen LogP contribution in [0.5, 0.6) is 0 Å². The molecular weight excluding hydrogens is 230 g/mol. The van der Waals surface area contributed by atoms with E-state index in [-0.39, 0.29) is 0 Å². The number of halogens is 1. The van der Waals surface area contributed by atoms with Crippen molar-refractivity contribution in [2.24, 2.45) is 0 Å². The van der Waals surface area contributed by atoms with Crippen molar-refractivity contribution in [1.82, 2.24) is 14.8 Å². The fourth-order valence-corrected chi connectivity index (χ4v) is 2.65. The number of thioether (sulfide) groups is 1. The second-order valence-electron chi connectivity index (χ2n) is 3.31. The number of benzene rings is 1. The highest BCUT2D eigenvalue weighted by atomic mass is 35.5. The van der Waals surface area contributed by atoms with Gasteiger partial charge < -0.3 is 4.57 Å². The van der Waals surface area contributed by atoms with E-state index in [1.165, 1.54) is 0 Å². The van der Waals surface area contributed by atoms with Crippen LogP contribution in [0.25, 0.3) is 11.4 Å². The van der Waals surface area contributed by atoms with Crippen molar-refractivity contribution in [2.75, 3.05) is 5.75 Å². The molecular formula is C10H8ClN3S. The maximum absolute atomic E-state index is 5.84. The van der Waals surface area contributed by atoms with Gasteiger partial charge in [0.2, 0.25) is 0 Å². The molecule has 0 radical (unpaired) electrons. The highest BCUT2D eigenvalue weighted by molar-refractivity contribution is 7.99. The lowest BCUT2D eigenvalue weighted by Gasteiger charge is -2.01. The molecule has 0 aliphatic carbocycles. The van der Waals surface area contributed by atoms with Crippen LogP contribution in [0.2, 0.25) is 5.02 Å². The zero-order valence-corrected chi connectivity index (χ0v) is 9.42. The van der Waals surface area contributed by atoms with Gasteiger partial charge in [0.15, 0.2) is 11.0 Å². The number of hydrogen-bond acceptors (Lipinski definition) is 3. The zero-order chi connectivity index (χ0) is 10.3. The molecule has 0 N–H and O–H groups in total. The third kappa shape index (κ3) is 1.54. The molecule has 1 aliphatic heterocycles. The molecule has 1 aliphatic rings. The quantitative estimate of drug-likeness (QED) is 0.764. The summed E-state index contributed by atoms with van der Waals surface area (Å²) in [6.45, 7) is 0.991. The van der Waals surface area contributed by atoms with E-state index >= 15 is 0 Å². The fraction of sp³-hybridized carbons (Fsp3) is 0.200. The average molecular weight is 238 g/mol. The van der Waals surface area contributed by atoms with Crippen molar-refractivity contribution in [3.8, 4) is 11.4 Å². The van der Waals surface area contributed by atoms with Crippen molar-refractivity contribution in [3.05, 3.63) is 29.3 Å². The Balaban J connectivity index is 2.09. The van der Waals surface area contributed by atoms with Crippen molar-refractivity contribution >= 4 is 23.4 Å². The van der Waals surface area contributed by atoms with Crippen LogP contribution >= 0.6 is 23.4 Å². The van der Waals surface area contributed by atoms with E-state index in [4.69, 9.17) is 11.6 Å². The van der Waals surface area contributed by atoms with E-state index in [9.17, 15) is 0 Å². The molecule has 5 heteroatoms.